The lowest BCUT2D eigenvalue weighted by atomic mass is 10.0. The number of hydrogen-bond donors (Lipinski definition) is 1. The van der Waals surface area contributed by atoms with Gasteiger partial charge in [0.25, 0.3) is 0 Å². The average molecular weight is 393 g/mol. The second kappa shape index (κ2) is 8.13. The van der Waals surface area contributed by atoms with Crippen molar-refractivity contribution < 1.29 is 9.13 Å². The van der Waals surface area contributed by atoms with E-state index in [9.17, 15) is 4.39 Å². The molecule has 0 amide bonds. The molecule has 4 rings (SSSR count). The Morgan fingerprint density at radius 1 is 1.17 bits per heavy atom. The molecule has 7 heteroatoms. The van der Waals surface area contributed by atoms with E-state index in [0.717, 1.165) is 17.7 Å². The highest BCUT2D eigenvalue weighted by atomic mass is 19.1. The van der Waals surface area contributed by atoms with E-state index in [4.69, 9.17) is 4.74 Å². The second-order valence-electron chi connectivity index (χ2n) is 7.26. The summed E-state index contributed by atoms with van der Waals surface area (Å²) < 4.78 is 18.8. The summed E-state index contributed by atoms with van der Waals surface area (Å²) in [5.74, 6) is 1.46. The van der Waals surface area contributed by atoms with E-state index in [1.54, 1.807) is 13.2 Å². The number of anilines is 3. The first kappa shape index (κ1) is 19.3. The van der Waals surface area contributed by atoms with Crippen LogP contribution in [0.1, 0.15) is 29.4 Å². The molecular formula is C22H24FN5O. The number of ether oxygens (including phenoxy) is 1. The third kappa shape index (κ3) is 4.05. The summed E-state index contributed by atoms with van der Waals surface area (Å²) in [6.45, 7) is 5.03. The molecule has 1 aromatic heterocycles. The van der Waals surface area contributed by atoms with Crippen molar-refractivity contribution in [1.29, 1.82) is 0 Å². The lowest BCUT2D eigenvalue weighted by molar-refractivity contribution is 0.184. The fraction of sp³-hybridized carbons (Fsp3) is 0.318. The van der Waals surface area contributed by atoms with Crippen molar-refractivity contribution >= 4 is 17.6 Å². The van der Waals surface area contributed by atoms with Gasteiger partial charge < -0.3 is 15.0 Å². The Morgan fingerprint density at radius 3 is 2.79 bits per heavy atom. The van der Waals surface area contributed by atoms with Crippen LogP contribution in [0.25, 0.3) is 0 Å². The minimum atomic E-state index is -0.258. The normalized spacial score (nSPS) is 15.4. The van der Waals surface area contributed by atoms with E-state index in [0.29, 0.717) is 30.9 Å². The summed E-state index contributed by atoms with van der Waals surface area (Å²) in [6.07, 6.45) is 0.908. The summed E-state index contributed by atoms with van der Waals surface area (Å²) in [5, 5.41) is 3.19. The maximum Gasteiger partial charge on any atom is 0.235 e. The van der Waals surface area contributed by atoms with Gasteiger partial charge in [-0.3, -0.25) is 0 Å². The average Bonchev–Trinajstić information content (AvgIpc) is 3.03. The zero-order valence-corrected chi connectivity index (χ0v) is 16.8. The van der Waals surface area contributed by atoms with Crippen LogP contribution in [-0.2, 0) is 24.3 Å². The highest BCUT2D eigenvalue weighted by Gasteiger charge is 2.31. The van der Waals surface area contributed by atoms with Crippen molar-refractivity contribution in [3.8, 4) is 0 Å². The lowest BCUT2D eigenvalue weighted by Gasteiger charge is -2.23. The lowest BCUT2D eigenvalue weighted by Crippen LogP contribution is -2.26. The van der Waals surface area contributed by atoms with Gasteiger partial charge in [0, 0.05) is 25.4 Å². The van der Waals surface area contributed by atoms with Gasteiger partial charge in [-0.05, 0) is 55.2 Å². The molecule has 6 nitrogen and oxygen atoms in total. The highest BCUT2D eigenvalue weighted by molar-refractivity contribution is 5.69. The molecule has 2 aromatic carbocycles. The molecule has 1 aliphatic rings. The van der Waals surface area contributed by atoms with Gasteiger partial charge in [0.2, 0.25) is 11.9 Å². The second-order valence-corrected chi connectivity index (χ2v) is 7.26. The minimum absolute atomic E-state index is 0.223. The summed E-state index contributed by atoms with van der Waals surface area (Å²) in [7, 11) is 1.71. The quantitative estimate of drug-likeness (QED) is 0.678. The van der Waals surface area contributed by atoms with Crippen LogP contribution >= 0.6 is 0 Å². The van der Waals surface area contributed by atoms with E-state index in [2.05, 4.69) is 44.2 Å². The molecule has 2 heterocycles. The number of hydrogen-bond acceptors (Lipinski definition) is 6. The predicted octanol–water partition coefficient (Wildman–Crippen LogP) is 4.16. The molecule has 29 heavy (non-hydrogen) atoms. The van der Waals surface area contributed by atoms with Crippen LogP contribution in [0, 0.1) is 12.7 Å². The summed E-state index contributed by atoms with van der Waals surface area (Å²) in [5.41, 5.74) is 4.39. The Hall–Kier alpha value is -3.06. The van der Waals surface area contributed by atoms with Gasteiger partial charge >= 0.3 is 0 Å². The zero-order valence-electron chi connectivity index (χ0n) is 16.8. The van der Waals surface area contributed by atoms with Crippen LogP contribution < -0.4 is 10.2 Å². The maximum absolute atomic E-state index is 13.4. The van der Waals surface area contributed by atoms with Crippen molar-refractivity contribution in [3.05, 3.63) is 70.8 Å². The number of aromatic nitrogens is 3. The Morgan fingerprint density at radius 2 is 2.00 bits per heavy atom. The molecule has 1 N–H and O–H groups in total. The number of nitrogens with zero attached hydrogens (tertiary/aromatic N) is 4. The summed E-state index contributed by atoms with van der Waals surface area (Å²) in [4.78, 5) is 15.8. The molecule has 0 radical (unpaired) electrons. The molecule has 3 aromatic rings. The first-order valence-corrected chi connectivity index (χ1v) is 9.65. The molecule has 0 fully saturated rings. The summed E-state index contributed by atoms with van der Waals surface area (Å²) >= 11 is 0. The third-order valence-corrected chi connectivity index (χ3v) is 5.04. The standard InChI is InChI=1S/C22H24FN5O/c1-14-10-19-17(13-29-3)7-5-9-20(19)28(14)22-26-15(2)25-21(27-22)24-12-16-6-4-8-18(23)11-16/h4-9,11,14H,10,12-13H2,1-3H3,(H,24,25,26,27). The first-order valence-electron chi connectivity index (χ1n) is 9.65. The van der Waals surface area contributed by atoms with Gasteiger partial charge in [-0.25, -0.2) is 4.39 Å². The third-order valence-electron chi connectivity index (χ3n) is 5.04. The molecule has 1 atom stereocenters. The van der Waals surface area contributed by atoms with E-state index in [1.165, 1.54) is 23.3 Å². The van der Waals surface area contributed by atoms with Crippen molar-refractivity contribution in [2.24, 2.45) is 0 Å². The minimum Gasteiger partial charge on any atom is -0.380 e. The maximum atomic E-state index is 13.4. The fourth-order valence-corrected chi connectivity index (χ4v) is 3.78. The van der Waals surface area contributed by atoms with Gasteiger partial charge in [-0.1, -0.05) is 24.3 Å². The molecule has 0 saturated carbocycles. The van der Waals surface area contributed by atoms with E-state index < -0.39 is 0 Å². The topological polar surface area (TPSA) is 63.2 Å². The highest BCUT2D eigenvalue weighted by Crippen LogP contribution is 2.38. The molecule has 1 aliphatic heterocycles. The number of fused-ring (bicyclic) bond motifs is 1. The van der Waals surface area contributed by atoms with Crippen LogP contribution in [0.3, 0.4) is 0 Å². The Labute approximate surface area is 169 Å². The van der Waals surface area contributed by atoms with Crippen molar-refractivity contribution in [2.75, 3.05) is 17.3 Å². The zero-order chi connectivity index (χ0) is 20.4. The van der Waals surface area contributed by atoms with Crippen molar-refractivity contribution in [1.82, 2.24) is 15.0 Å². The van der Waals surface area contributed by atoms with Gasteiger partial charge in [0.05, 0.1) is 6.61 Å². The van der Waals surface area contributed by atoms with E-state index in [-0.39, 0.29) is 11.9 Å². The molecule has 0 saturated heterocycles. The first-order chi connectivity index (χ1) is 14.0. The van der Waals surface area contributed by atoms with Crippen molar-refractivity contribution in [3.63, 3.8) is 0 Å². The van der Waals surface area contributed by atoms with E-state index >= 15 is 0 Å². The number of methoxy groups -OCH3 is 1. The van der Waals surface area contributed by atoms with Crippen LogP contribution in [0.5, 0.6) is 0 Å². The van der Waals surface area contributed by atoms with Crippen LogP contribution in [0.15, 0.2) is 42.5 Å². The number of halogens is 1. The molecular weight excluding hydrogens is 369 g/mol. The van der Waals surface area contributed by atoms with Gasteiger partial charge in [0.1, 0.15) is 11.6 Å². The van der Waals surface area contributed by atoms with Gasteiger partial charge in [0.15, 0.2) is 0 Å². The molecule has 0 spiro atoms. The molecule has 0 aliphatic carbocycles. The smallest absolute Gasteiger partial charge is 0.235 e. The monoisotopic (exact) mass is 393 g/mol. The van der Waals surface area contributed by atoms with E-state index in [1.807, 2.05) is 19.1 Å². The SMILES string of the molecule is COCc1cccc2c1CC(C)N2c1nc(C)nc(NCc2cccc(F)c2)n1. The Kier molecular flexibility index (Phi) is 5.40. The van der Waals surface area contributed by atoms with Gasteiger partial charge in [-0.15, -0.1) is 0 Å². The van der Waals surface area contributed by atoms with Gasteiger partial charge in [-0.2, -0.15) is 15.0 Å². The Bertz CT molecular complexity index is 1030. The van der Waals surface area contributed by atoms with Crippen molar-refractivity contribution in [2.45, 2.75) is 39.5 Å². The largest absolute Gasteiger partial charge is 0.380 e. The molecule has 1 unspecified atom stereocenters. The van der Waals surface area contributed by atoms with Crippen LogP contribution in [0.2, 0.25) is 0 Å². The number of aryl methyl sites for hydroxylation is 1. The Balaban J connectivity index is 1.62. The number of nitrogens with one attached hydrogen (secondary N) is 1. The fourth-order valence-electron chi connectivity index (χ4n) is 3.78. The molecule has 150 valence electrons. The molecule has 0 bridgehead atoms. The number of benzene rings is 2. The van der Waals surface area contributed by atoms with Crippen LogP contribution in [-0.4, -0.2) is 28.1 Å². The van der Waals surface area contributed by atoms with Crippen LogP contribution in [0.4, 0.5) is 22.0 Å². The number of rotatable bonds is 6. The summed E-state index contributed by atoms with van der Waals surface area (Å²) in [6, 6.07) is 12.9. The predicted molar refractivity (Wildman–Crippen MR) is 111 cm³/mol.